The van der Waals surface area contributed by atoms with E-state index in [1.807, 2.05) is 35.0 Å². The van der Waals surface area contributed by atoms with Crippen LogP contribution < -0.4 is 5.32 Å². The zero-order chi connectivity index (χ0) is 23.9. The van der Waals surface area contributed by atoms with Crippen molar-refractivity contribution in [3.63, 3.8) is 0 Å². The zero-order valence-electron chi connectivity index (χ0n) is 18.6. The third-order valence-electron chi connectivity index (χ3n) is 5.17. The van der Waals surface area contributed by atoms with Crippen LogP contribution in [0.25, 0.3) is 22.7 Å². The summed E-state index contributed by atoms with van der Waals surface area (Å²) in [6, 6.07) is 18.8. The third kappa shape index (κ3) is 5.05. The first kappa shape index (κ1) is 22.6. The Hall–Kier alpha value is -4.64. The number of carbonyl (C=O) groups is 2. The second kappa shape index (κ2) is 10.3. The maximum absolute atomic E-state index is 12.5. The fraction of sp³-hybridized carbons (Fsp3) is 0.154. The van der Waals surface area contributed by atoms with Gasteiger partial charge in [-0.05, 0) is 49.4 Å². The van der Waals surface area contributed by atoms with Crippen LogP contribution in [0.3, 0.4) is 0 Å². The van der Waals surface area contributed by atoms with Crippen LogP contribution in [-0.4, -0.2) is 32.8 Å². The van der Waals surface area contributed by atoms with E-state index in [4.69, 9.17) is 10.00 Å². The lowest BCUT2D eigenvalue weighted by Gasteiger charge is -2.05. The van der Waals surface area contributed by atoms with Crippen molar-refractivity contribution >= 4 is 34.5 Å². The first-order valence-corrected chi connectivity index (χ1v) is 10.9. The molecule has 0 saturated heterocycles. The summed E-state index contributed by atoms with van der Waals surface area (Å²) >= 11 is 0. The number of rotatable bonds is 8. The highest BCUT2D eigenvalue weighted by atomic mass is 16.5. The van der Waals surface area contributed by atoms with Gasteiger partial charge in [0, 0.05) is 47.2 Å². The second-order valence-corrected chi connectivity index (χ2v) is 7.44. The van der Waals surface area contributed by atoms with Crippen LogP contribution in [-0.2, 0) is 16.1 Å². The Bertz CT molecular complexity index is 1390. The minimum atomic E-state index is -0.467. The zero-order valence-corrected chi connectivity index (χ0v) is 18.6. The number of fused-ring (bicyclic) bond motifs is 1. The Morgan fingerprint density at radius 2 is 1.94 bits per heavy atom. The average Bonchev–Trinajstić information content (AvgIpc) is 3.48. The summed E-state index contributed by atoms with van der Waals surface area (Å²) in [6.45, 7) is 2.63. The molecule has 0 fully saturated rings. The minimum absolute atomic E-state index is 0.235. The molecule has 0 radical (unpaired) electrons. The number of aryl methyl sites for hydroxylation is 1. The SMILES string of the molecule is CCOC(=O)c1ccn(-c2ccc(NC(=O)/C=C/c3cn(CCC#N)c4ccccc34)cc2)n1. The number of anilines is 1. The van der Waals surface area contributed by atoms with E-state index in [0.29, 0.717) is 18.7 Å². The molecule has 34 heavy (non-hydrogen) atoms. The monoisotopic (exact) mass is 453 g/mol. The number of hydrogen-bond acceptors (Lipinski definition) is 5. The van der Waals surface area contributed by atoms with Gasteiger partial charge in [-0.15, -0.1) is 0 Å². The molecule has 8 heteroatoms. The van der Waals surface area contributed by atoms with Crippen LogP contribution in [0.5, 0.6) is 0 Å². The number of esters is 1. The number of nitriles is 1. The number of para-hydroxylation sites is 1. The van der Waals surface area contributed by atoms with Gasteiger partial charge in [0.25, 0.3) is 0 Å². The second-order valence-electron chi connectivity index (χ2n) is 7.44. The first-order valence-electron chi connectivity index (χ1n) is 10.9. The standard InChI is InChI=1S/C26H23N5O3/c1-2-34-26(33)23-14-17-31(29-23)21-11-9-20(10-12-21)28-25(32)13-8-19-18-30(16-5-15-27)24-7-4-3-6-22(19)24/h3-4,6-14,17-18H,2,5,16H2,1H3,(H,28,32)/b13-8+. The number of hydrogen-bond donors (Lipinski definition) is 1. The van der Waals surface area contributed by atoms with E-state index < -0.39 is 5.97 Å². The van der Waals surface area contributed by atoms with E-state index in [9.17, 15) is 9.59 Å². The summed E-state index contributed by atoms with van der Waals surface area (Å²) in [6.07, 6.45) is 7.31. The van der Waals surface area contributed by atoms with Crippen molar-refractivity contribution in [2.75, 3.05) is 11.9 Å². The summed E-state index contributed by atoms with van der Waals surface area (Å²) in [5.74, 6) is -0.726. The molecule has 0 unspecified atom stereocenters. The molecular weight excluding hydrogens is 430 g/mol. The molecule has 0 bridgehead atoms. The first-order chi connectivity index (χ1) is 16.6. The van der Waals surface area contributed by atoms with Crippen molar-refractivity contribution in [1.29, 1.82) is 5.26 Å². The summed E-state index contributed by atoms with van der Waals surface area (Å²) in [4.78, 5) is 24.3. The Labute approximate surface area is 196 Å². The Morgan fingerprint density at radius 3 is 2.71 bits per heavy atom. The number of nitrogens with one attached hydrogen (secondary N) is 1. The van der Waals surface area contributed by atoms with Crippen molar-refractivity contribution < 1.29 is 14.3 Å². The molecule has 0 saturated carbocycles. The summed E-state index contributed by atoms with van der Waals surface area (Å²) in [5.41, 5.74) is 3.55. The number of amides is 1. The Balaban J connectivity index is 1.43. The van der Waals surface area contributed by atoms with E-state index in [-0.39, 0.29) is 18.2 Å². The van der Waals surface area contributed by atoms with Crippen molar-refractivity contribution in [3.05, 3.63) is 84.3 Å². The van der Waals surface area contributed by atoms with E-state index in [2.05, 4.69) is 16.5 Å². The van der Waals surface area contributed by atoms with Gasteiger partial charge >= 0.3 is 5.97 Å². The van der Waals surface area contributed by atoms with Crippen molar-refractivity contribution in [2.24, 2.45) is 0 Å². The minimum Gasteiger partial charge on any atom is -0.461 e. The normalized spacial score (nSPS) is 10.9. The van der Waals surface area contributed by atoms with Gasteiger partial charge < -0.3 is 14.6 Å². The van der Waals surface area contributed by atoms with Gasteiger partial charge in [0.1, 0.15) is 0 Å². The van der Waals surface area contributed by atoms with Gasteiger partial charge in [-0.2, -0.15) is 10.4 Å². The molecule has 0 atom stereocenters. The van der Waals surface area contributed by atoms with Crippen LogP contribution >= 0.6 is 0 Å². The summed E-state index contributed by atoms with van der Waals surface area (Å²) in [7, 11) is 0. The van der Waals surface area contributed by atoms with Crippen LogP contribution in [0.2, 0.25) is 0 Å². The number of ether oxygens (including phenoxy) is 1. The van der Waals surface area contributed by atoms with Crippen LogP contribution in [0, 0.1) is 11.3 Å². The molecule has 0 aliphatic carbocycles. The van der Waals surface area contributed by atoms with Crippen LogP contribution in [0.1, 0.15) is 29.4 Å². The lowest BCUT2D eigenvalue weighted by molar-refractivity contribution is -0.111. The lowest BCUT2D eigenvalue weighted by Crippen LogP contribution is -2.08. The van der Waals surface area contributed by atoms with Gasteiger partial charge in [0.2, 0.25) is 5.91 Å². The summed E-state index contributed by atoms with van der Waals surface area (Å²) < 4.78 is 8.55. The molecule has 2 heterocycles. The molecule has 170 valence electrons. The molecule has 0 spiro atoms. The maximum atomic E-state index is 12.5. The van der Waals surface area contributed by atoms with Gasteiger partial charge in [-0.3, -0.25) is 4.79 Å². The highest BCUT2D eigenvalue weighted by molar-refractivity contribution is 6.03. The Morgan fingerprint density at radius 1 is 1.15 bits per heavy atom. The van der Waals surface area contributed by atoms with Gasteiger partial charge in [-0.25, -0.2) is 9.48 Å². The molecule has 2 aromatic heterocycles. The van der Waals surface area contributed by atoms with E-state index in [1.54, 1.807) is 54.2 Å². The number of carbonyl (C=O) groups excluding carboxylic acids is 2. The molecule has 2 aromatic carbocycles. The third-order valence-corrected chi connectivity index (χ3v) is 5.17. The number of benzene rings is 2. The fourth-order valence-electron chi connectivity index (χ4n) is 3.59. The van der Waals surface area contributed by atoms with E-state index in [1.165, 1.54) is 6.08 Å². The maximum Gasteiger partial charge on any atom is 0.358 e. The molecule has 1 amide bonds. The molecule has 8 nitrogen and oxygen atoms in total. The molecule has 0 aliphatic heterocycles. The van der Waals surface area contributed by atoms with Crippen LogP contribution in [0.4, 0.5) is 5.69 Å². The lowest BCUT2D eigenvalue weighted by atomic mass is 10.1. The predicted molar refractivity (Wildman–Crippen MR) is 129 cm³/mol. The quantitative estimate of drug-likeness (QED) is 0.311. The highest BCUT2D eigenvalue weighted by Gasteiger charge is 2.11. The molecule has 0 aliphatic rings. The largest absolute Gasteiger partial charge is 0.461 e. The molecular formula is C26H23N5O3. The van der Waals surface area contributed by atoms with Crippen molar-refractivity contribution in [2.45, 2.75) is 19.9 Å². The van der Waals surface area contributed by atoms with Crippen molar-refractivity contribution in [3.8, 4) is 11.8 Å². The topological polar surface area (TPSA) is 102 Å². The fourth-order valence-corrected chi connectivity index (χ4v) is 3.59. The van der Waals surface area contributed by atoms with E-state index >= 15 is 0 Å². The summed E-state index contributed by atoms with van der Waals surface area (Å²) in [5, 5.41) is 17.0. The van der Waals surface area contributed by atoms with Gasteiger partial charge in [0.05, 0.1) is 24.8 Å². The van der Waals surface area contributed by atoms with Crippen LogP contribution in [0.15, 0.2) is 73.1 Å². The smallest absolute Gasteiger partial charge is 0.358 e. The van der Waals surface area contributed by atoms with Gasteiger partial charge in [-0.1, -0.05) is 18.2 Å². The Kier molecular flexibility index (Phi) is 6.84. The number of aromatic nitrogens is 3. The number of nitrogens with zero attached hydrogens (tertiary/aromatic N) is 4. The van der Waals surface area contributed by atoms with Crippen molar-refractivity contribution in [1.82, 2.24) is 14.3 Å². The highest BCUT2D eigenvalue weighted by Crippen LogP contribution is 2.23. The average molecular weight is 454 g/mol. The molecule has 4 rings (SSSR count). The molecule has 1 N–H and O–H groups in total. The van der Waals surface area contributed by atoms with E-state index in [0.717, 1.165) is 22.2 Å². The molecule has 4 aromatic rings. The van der Waals surface area contributed by atoms with Gasteiger partial charge in [0.15, 0.2) is 5.69 Å². The predicted octanol–water partition coefficient (Wildman–Crippen LogP) is 4.57.